The Balaban J connectivity index is 2.13. The predicted octanol–water partition coefficient (Wildman–Crippen LogP) is 3.38. The number of aromatic nitrogens is 1. The van der Waals surface area contributed by atoms with E-state index in [1.165, 1.54) is 17.8 Å². The summed E-state index contributed by atoms with van der Waals surface area (Å²) >= 11 is 1.48. The van der Waals surface area contributed by atoms with Crippen molar-refractivity contribution in [1.29, 1.82) is 0 Å². The van der Waals surface area contributed by atoms with Gasteiger partial charge in [0.1, 0.15) is 12.0 Å². The molecule has 0 amide bonds. The van der Waals surface area contributed by atoms with Gasteiger partial charge in [0, 0.05) is 17.4 Å². The Kier molecular flexibility index (Phi) is 5.05. The van der Waals surface area contributed by atoms with Crippen molar-refractivity contribution < 1.29 is 19.1 Å². The Morgan fingerprint density at radius 1 is 1.52 bits per heavy atom. The number of carbonyl (C=O) groups is 1. The zero-order valence-electron chi connectivity index (χ0n) is 11.7. The van der Waals surface area contributed by atoms with Crippen LogP contribution in [0.3, 0.4) is 0 Å². The van der Waals surface area contributed by atoms with E-state index < -0.39 is 5.97 Å². The molecule has 2 rings (SSSR count). The zero-order valence-corrected chi connectivity index (χ0v) is 12.5. The molecule has 5 nitrogen and oxygen atoms in total. The molecule has 21 heavy (non-hydrogen) atoms. The predicted molar refractivity (Wildman–Crippen MR) is 80.5 cm³/mol. The fourth-order valence-corrected chi connectivity index (χ4v) is 2.50. The van der Waals surface area contributed by atoms with Crippen LogP contribution in [0.2, 0.25) is 0 Å². The minimum atomic E-state index is -0.993. The average Bonchev–Trinajstić information content (AvgIpc) is 2.88. The van der Waals surface area contributed by atoms with Crippen LogP contribution >= 0.6 is 11.8 Å². The van der Waals surface area contributed by atoms with Crippen LogP contribution in [0, 0.1) is 6.92 Å². The maximum absolute atomic E-state index is 10.6. The molecule has 0 aliphatic rings. The van der Waals surface area contributed by atoms with Gasteiger partial charge in [0.25, 0.3) is 5.22 Å². The smallest absolute Gasteiger partial charge is 0.328 e. The van der Waals surface area contributed by atoms with E-state index in [1.54, 1.807) is 13.4 Å². The Hall–Kier alpha value is -2.21. The fourth-order valence-electron chi connectivity index (χ4n) is 1.71. The molecule has 0 aliphatic heterocycles. The van der Waals surface area contributed by atoms with Crippen molar-refractivity contribution in [2.75, 3.05) is 7.11 Å². The summed E-state index contributed by atoms with van der Waals surface area (Å²) in [6.07, 6.45) is 4.22. The highest BCUT2D eigenvalue weighted by Gasteiger charge is 2.06. The van der Waals surface area contributed by atoms with Crippen molar-refractivity contribution in [3.63, 3.8) is 0 Å². The molecule has 0 radical (unpaired) electrons. The van der Waals surface area contributed by atoms with Crippen molar-refractivity contribution in [2.45, 2.75) is 17.9 Å². The number of hydrogen-bond acceptors (Lipinski definition) is 5. The van der Waals surface area contributed by atoms with Crippen LogP contribution in [0.5, 0.6) is 5.75 Å². The fraction of sp³-hybridized carbons (Fsp3) is 0.200. The van der Waals surface area contributed by atoms with E-state index in [2.05, 4.69) is 4.98 Å². The summed E-state index contributed by atoms with van der Waals surface area (Å²) < 4.78 is 10.5. The highest BCUT2D eigenvalue weighted by atomic mass is 32.2. The first-order valence-corrected chi connectivity index (χ1v) is 7.20. The maximum atomic E-state index is 10.6. The van der Waals surface area contributed by atoms with Gasteiger partial charge in [-0.05, 0) is 30.7 Å². The highest BCUT2D eigenvalue weighted by molar-refractivity contribution is 7.98. The highest BCUT2D eigenvalue weighted by Crippen LogP contribution is 2.26. The number of nitrogens with zero attached hydrogens (tertiary/aromatic N) is 1. The number of aryl methyl sites for hydroxylation is 1. The molecular weight excluding hydrogens is 290 g/mol. The van der Waals surface area contributed by atoms with E-state index in [1.807, 2.05) is 25.1 Å². The summed E-state index contributed by atoms with van der Waals surface area (Å²) in [5.74, 6) is 0.318. The number of thioether (sulfide) groups is 1. The van der Waals surface area contributed by atoms with Crippen LogP contribution in [-0.4, -0.2) is 23.2 Å². The molecule has 2 aromatic rings. The summed E-state index contributed by atoms with van der Waals surface area (Å²) in [5.41, 5.74) is 2.60. The molecule has 0 aliphatic carbocycles. The normalized spacial score (nSPS) is 11.0. The van der Waals surface area contributed by atoms with E-state index in [9.17, 15) is 4.79 Å². The van der Waals surface area contributed by atoms with Crippen molar-refractivity contribution in [1.82, 2.24) is 4.98 Å². The first kappa shape index (κ1) is 15.2. The van der Waals surface area contributed by atoms with Gasteiger partial charge in [-0.25, -0.2) is 9.78 Å². The van der Waals surface area contributed by atoms with E-state index >= 15 is 0 Å². The summed E-state index contributed by atoms with van der Waals surface area (Å²) in [6, 6.07) is 5.64. The van der Waals surface area contributed by atoms with Gasteiger partial charge in [-0.2, -0.15) is 0 Å². The molecule has 0 unspecified atom stereocenters. The number of carboxylic acid groups (broad SMARTS) is 1. The number of benzene rings is 1. The van der Waals surface area contributed by atoms with E-state index in [0.29, 0.717) is 16.7 Å². The summed E-state index contributed by atoms with van der Waals surface area (Å²) in [7, 11) is 1.55. The lowest BCUT2D eigenvalue weighted by Crippen LogP contribution is -1.91. The molecule has 0 saturated heterocycles. The number of rotatable bonds is 6. The van der Waals surface area contributed by atoms with Crippen LogP contribution < -0.4 is 4.74 Å². The number of aliphatic carboxylic acids is 1. The molecule has 0 saturated carbocycles. The number of oxazole rings is 1. The van der Waals surface area contributed by atoms with Gasteiger partial charge in [0.15, 0.2) is 0 Å². The minimum Gasteiger partial charge on any atom is -0.496 e. The third kappa shape index (κ3) is 4.39. The molecule has 1 heterocycles. The lowest BCUT2D eigenvalue weighted by Gasteiger charge is -2.07. The SMILES string of the molecule is COc1ccc(CSc2nc(C)co2)cc1/C=C/C(=O)O. The lowest BCUT2D eigenvalue weighted by molar-refractivity contribution is -0.131. The molecular formula is C15H15NO4S. The number of carboxylic acids is 1. The first-order chi connectivity index (χ1) is 10.1. The number of hydrogen-bond donors (Lipinski definition) is 1. The Morgan fingerprint density at radius 2 is 2.33 bits per heavy atom. The largest absolute Gasteiger partial charge is 0.496 e. The molecule has 0 fully saturated rings. The zero-order chi connectivity index (χ0) is 15.2. The van der Waals surface area contributed by atoms with Gasteiger partial charge >= 0.3 is 5.97 Å². The number of methoxy groups -OCH3 is 1. The average molecular weight is 305 g/mol. The monoisotopic (exact) mass is 305 g/mol. The molecule has 0 spiro atoms. The van der Waals surface area contributed by atoms with Crippen LogP contribution in [0.15, 0.2) is 40.2 Å². The van der Waals surface area contributed by atoms with E-state index in [-0.39, 0.29) is 0 Å². The topological polar surface area (TPSA) is 72.6 Å². The standard InChI is InChI=1S/C15H15NO4S/c1-10-8-20-15(16-10)21-9-11-3-5-13(19-2)12(7-11)4-6-14(17)18/h3-8H,9H2,1-2H3,(H,17,18)/b6-4+. The van der Waals surface area contributed by atoms with Crippen molar-refractivity contribution >= 4 is 23.8 Å². The second kappa shape index (κ2) is 6.99. The molecule has 1 aromatic carbocycles. The van der Waals surface area contributed by atoms with E-state index in [0.717, 1.165) is 22.9 Å². The molecule has 1 N–H and O–H groups in total. The molecule has 110 valence electrons. The molecule has 6 heteroatoms. The van der Waals surface area contributed by atoms with E-state index in [4.69, 9.17) is 14.3 Å². The van der Waals surface area contributed by atoms with Crippen molar-refractivity contribution in [3.05, 3.63) is 47.4 Å². The van der Waals surface area contributed by atoms with Gasteiger partial charge in [0.05, 0.1) is 12.8 Å². The van der Waals surface area contributed by atoms with Crippen LogP contribution in [0.25, 0.3) is 6.08 Å². The maximum Gasteiger partial charge on any atom is 0.328 e. The molecule has 0 atom stereocenters. The quantitative estimate of drug-likeness (QED) is 0.651. The van der Waals surface area contributed by atoms with Gasteiger partial charge < -0.3 is 14.3 Å². The van der Waals surface area contributed by atoms with Crippen LogP contribution in [-0.2, 0) is 10.5 Å². The minimum absolute atomic E-state index is 0.617. The van der Waals surface area contributed by atoms with Crippen LogP contribution in [0.4, 0.5) is 0 Å². The van der Waals surface area contributed by atoms with Gasteiger partial charge in [-0.15, -0.1) is 0 Å². The van der Waals surface area contributed by atoms with Gasteiger partial charge in [-0.1, -0.05) is 17.8 Å². The van der Waals surface area contributed by atoms with Gasteiger partial charge in [-0.3, -0.25) is 0 Å². The Labute approximate surface area is 126 Å². The summed E-state index contributed by atoms with van der Waals surface area (Å²) in [4.78, 5) is 14.8. The molecule has 1 aromatic heterocycles. The summed E-state index contributed by atoms with van der Waals surface area (Å²) in [5, 5.41) is 9.33. The third-order valence-electron chi connectivity index (χ3n) is 2.66. The van der Waals surface area contributed by atoms with Crippen LogP contribution in [0.1, 0.15) is 16.8 Å². The Bertz CT molecular complexity index is 663. The van der Waals surface area contributed by atoms with Crippen molar-refractivity contribution in [2.24, 2.45) is 0 Å². The second-order valence-electron chi connectivity index (χ2n) is 4.29. The van der Waals surface area contributed by atoms with Crippen molar-refractivity contribution in [3.8, 4) is 5.75 Å². The second-order valence-corrected chi connectivity index (χ2v) is 5.22. The summed E-state index contributed by atoms with van der Waals surface area (Å²) in [6.45, 7) is 1.87. The first-order valence-electron chi connectivity index (χ1n) is 6.21. The number of ether oxygens (including phenoxy) is 1. The Morgan fingerprint density at radius 3 is 2.95 bits per heavy atom. The third-order valence-corrected chi connectivity index (χ3v) is 3.57. The molecule has 0 bridgehead atoms. The lowest BCUT2D eigenvalue weighted by atomic mass is 10.1. The van der Waals surface area contributed by atoms with Gasteiger partial charge in [0.2, 0.25) is 0 Å².